The van der Waals surface area contributed by atoms with Gasteiger partial charge in [0, 0.05) is 31.6 Å². The molecule has 3 aromatic heterocycles. The molecule has 8 nitrogen and oxygen atoms in total. The topological polar surface area (TPSA) is 103 Å². The van der Waals surface area contributed by atoms with Crippen LogP contribution < -0.4 is 11.1 Å². The van der Waals surface area contributed by atoms with Crippen molar-refractivity contribution in [2.45, 2.75) is 19.9 Å². The summed E-state index contributed by atoms with van der Waals surface area (Å²) in [6.07, 6.45) is 5.15. The summed E-state index contributed by atoms with van der Waals surface area (Å²) in [6, 6.07) is 1.96. The number of nitrogens with two attached hydrogens (primary N) is 1. The van der Waals surface area contributed by atoms with E-state index in [0.29, 0.717) is 35.1 Å². The summed E-state index contributed by atoms with van der Waals surface area (Å²) in [5, 5.41) is 7.56. The quantitative estimate of drug-likeness (QED) is 0.736. The molecule has 3 heterocycles. The summed E-state index contributed by atoms with van der Waals surface area (Å²) >= 11 is 0. The molecule has 3 aromatic rings. The molecule has 120 valence electrons. The minimum Gasteiger partial charge on any atom is -0.383 e. The van der Waals surface area contributed by atoms with Gasteiger partial charge in [-0.05, 0) is 19.4 Å². The molecule has 0 radical (unpaired) electrons. The van der Waals surface area contributed by atoms with Crippen LogP contribution in [0.25, 0.3) is 16.9 Å². The molecule has 0 aliphatic rings. The maximum atomic E-state index is 6.06. The molecule has 0 saturated carbocycles. The Morgan fingerprint density at radius 2 is 2.17 bits per heavy atom. The first-order chi connectivity index (χ1) is 11.1. The van der Waals surface area contributed by atoms with Gasteiger partial charge in [0.25, 0.3) is 0 Å². The number of ether oxygens (including phenoxy) is 1. The van der Waals surface area contributed by atoms with Gasteiger partial charge in [-0.1, -0.05) is 0 Å². The molecular formula is C15H19N7O. The van der Waals surface area contributed by atoms with Gasteiger partial charge in [0.15, 0.2) is 11.5 Å². The first kappa shape index (κ1) is 15.2. The number of nitrogens with zero attached hydrogens (tertiary/aromatic N) is 5. The van der Waals surface area contributed by atoms with Crippen LogP contribution in [-0.4, -0.2) is 44.3 Å². The maximum Gasteiger partial charge on any atom is 0.166 e. The largest absolute Gasteiger partial charge is 0.383 e. The minimum atomic E-state index is 0.129. The second-order valence-corrected chi connectivity index (χ2v) is 5.45. The van der Waals surface area contributed by atoms with E-state index in [4.69, 9.17) is 10.5 Å². The Morgan fingerprint density at radius 3 is 2.96 bits per heavy atom. The van der Waals surface area contributed by atoms with Crippen molar-refractivity contribution >= 4 is 17.3 Å². The van der Waals surface area contributed by atoms with Crippen molar-refractivity contribution in [1.82, 2.24) is 24.6 Å². The molecule has 0 aliphatic heterocycles. The second kappa shape index (κ2) is 6.17. The molecule has 0 unspecified atom stereocenters. The summed E-state index contributed by atoms with van der Waals surface area (Å²) in [7, 11) is 1.66. The molecule has 0 fully saturated rings. The number of methoxy groups -OCH3 is 1. The van der Waals surface area contributed by atoms with Gasteiger partial charge >= 0.3 is 0 Å². The Hall–Kier alpha value is -2.74. The Bertz CT molecular complexity index is 830. The van der Waals surface area contributed by atoms with E-state index in [9.17, 15) is 0 Å². The third-order valence-electron chi connectivity index (χ3n) is 3.36. The summed E-state index contributed by atoms with van der Waals surface area (Å²) in [5.41, 5.74) is 9.12. The van der Waals surface area contributed by atoms with Crippen LogP contribution in [0.5, 0.6) is 0 Å². The zero-order valence-electron chi connectivity index (χ0n) is 13.3. The fourth-order valence-corrected chi connectivity index (χ4v) is 2.41. The lowest BCUT2D eigenvalue weighted by atomic mass is 10.2. The molecule has 1 atom stereocenters. The van der Waals surface area contributed by atoms with Gasteiger partial charge in [0.05, 0.1) is 17.9 Å². The molecule has 3 N–H and O–H groups in total. The van der Waals surface area contributed by atoms with Crippen molar-refractivity contribution in [3.05, 3.63) is 30.4 Å². The van der Waals surface area contributed by atoms with E-state index in [1.54, 1.807) is 17.8 Å². The average molecular weight is 313 g/mol. The van der Waals surface area contributed by atoms with Crippen molar-refractivity contribution in [3.63, 3.8) is 0 Å². The summed E-state index contributed by atoms with van der Waals surface area (Å²) in [6.45, 7) is 4.55. The van der Waals surface area contributed by atoms with E-state index in [-0.39, 0.29) is 6.04 Å². The predicted octanol–water partition coefficient (Wildman–Crippen LogP) is 1.52. The molecular weight excluding hydrogens is 294 g/mol. The predicted molar refractivity (Wildman–Crippen MR) is 88.1 cm³/mol. The molecule has 3 rings (SSSR count). The van der Waals surface area contributed by atoms with Gasteiger partial charge in [0.2, 0.25) is 0 Å². The zero-order chi connectivity index (χ0) is 16.4. The smallest absolute Gasteiger partial charge is 0.166 e. The molecule has 0 bridgehead atoms. The second-order valence-electron chi connectivity index (χ2n) is 5.45. The first-order valence-corrected chi connectivity index (χ1v) is 7.27. The van der Waals surface area contributed by atoms with Gasteiger partial charge in [-0.3, -0.25) is 0 Å². The van der Waals surface area contributed by atoms with E-state index in [2.05, 4.69) is 25.4 Å². The van der Waals surface area contributed by atoms with E-state index in [0.717, 1.165) is 5.56 Å². The Kier molecular flexibility index (Phi) is 4.07. The SMILES string of the molecule is COC[C@H](C)Nc1cc(-c2c(N)nn3cc(C)cnc23)ncn1. The lowest BCUT2D eigenvalue weighted by molar-refractivity contribution is 0.190. The third kappa shape index (κ3) is 3.07. The molecule has 23 heavy (non-hydrogen) atoms. The van der Waals surface area contributed by atoms with Crippen molar-refractivity contribution in [3.8, 4) is 11.3 Å². The average Bonchev–Trinajstić information content (AvgIpc) is 2.82. The lowest BCUT2D eigenvalue weighted by Gasteiger charge is -2.13. The maximum absolute atomic E-state index is 6.06. The monoisotopic (exact) mass is 313 g/mol. The number of fused-ring (bicyclic) bond motifs is 1. The van der Waals surface area contributed by atoms with Gasteiger partial charge < -0.3 is 15.8 Å². The number of hydrogen-bond acceptors (Lipinski definition) is 7. The number of aromatic nitrogens is 5. The van der Waals surface area contributed by atoms with E-state index in [1.807, 2.05) is 26.1 Å². The van der Waals surface area contributed by atoms with Gasteiger partial charge in [-0.2, -0.15) is 0 Å². The number of hydrogen-bond donors (Lipinski definition) is 2. The van der Waals surface area contributed by atoms with Crippen molar-refractivity contribution in [2.24, 2.45) is 0 Å². The highest BCUT2D eigenvalue weighted by atomic mass is 16.5. The fourth-order valence-electron chi connectivity index (χ4n) is 2.41. The third-order valence-corrected chi connectivity index (χ3v) is 3.36. The number of anilines is 2. The van der Waals surface area contributed by atoms with E-state index >= 15 is 0 Å². The van der Waals surface area contributed by atoms with Crippen LogP contribution in [0, 0.1) is 6.92 Å². The number of nitrogen functional groups attached to an aromatic ring is 1. The highest BCUT2D eigenvalue weighted by Gasteiger charge is 2.16. The normalized spacial score (nSPS) is 12.5. The van der Waals surface area contributed by atoms with Gasteiger partial charge in [0.1, 0.15) is 12.1 Å². The molecule has 0 amide bonds. The van der Waals surface area contributed by atoms with Crippen LogP contribution in [0.15, 0.2) is 24.8 Å². The summed E-state index contributed by atoms with van der Waals surface area (Å²) in [5.74, 6) is 1.09. The summed E-state index contributed by atoms with van der Waals surface area (Å²) < 4.78 is 6.79. The van der Waals surface area contributed by atoms with Crippen LogP contribution in [-0.2, 0) is 4.74 Å². The number of rotatable bonds is 5. The van der Waals surface area contributed by atoms with Gasteiger partial charge in [-0.25, -0.2) is 19.5 Å². The molecule has 0 aromatic carbocycles. The Balaban J connectivity index is 2.00. The zero-order valence-corrected chi connectivity index (χ0v) is 13.3. The Labute approximate surface area is 133 Å². The fraction of sp³-hybridized carbons (Fsp3) is 0.333. The van der Waals surface area contributed by atoms with Gasteiger partial charge in [-0.15, -0.1) is 5.10 Å². The van der Waals surface area contributed by atoms with Crippen LogP contribution in [0.3, 0.4) is 0 Å². The summed E-state index contributed by atoms with van der Waals surface area (Å²) in [4.78, 5) is 13.0. The van der Waals surface area contributed by atoms with E-state index < -0.39 is 0 Å². The van der Waals surface area contributed by atoms with E-state index in [1.165, 1.54) is 6.33 Å². The van der Waals surface area contributed by atoms with Crippen molar-refractivity contribution < 1.29 is 4.74 Å². The van der Waals surface area contributed by atoms with Crippen LogP contribution in [0.4, 0.5) is 11.6 Å². The lowest BCUT2D eigenvalue weighted by Crippen LogP contribution is -2.21. The highest BCUT2D eigenvalue weighted by molar-refractivity contribution is 5.84. The molecule has 0 spiro atoms. The van der Waals surface area contributed by atoms with Crippen LogP contribution in [0.2, 0.25) is 0 Å². The van der Waals surface area contributed by atoms with Crippen molar-refractivity contribution in [1.29, 1.82) is 0 Å². The first-order valence-electron chi connectivity index (χ1n) is 7.27. The van der Waals surface area contributed by atoms with Crippen LogP contribution >= 0.6 is 0 Å². The van der Waals surface area contributed by atoms with Crippen LogP contribution in [0.1, 0.15) is 12.5 Å². The standard InChI is InChI=1S/C15H19N7O/c1-9-5-17-15-13(14(16)21-22(15)6-9)11-4-12(19-8-18-11)20-10(2)7-23-3/h4-6,8,10H,7H2,1-3H3,(H2,16,21)(H,18,19,20)/t10-/m0/s1. The molecule has 0 aliphatic carbocycles. The number of nitrogens with one attached hydrogen (secondary N) is 1. The Morgan fingerprint density at radius 1 is 1.35 bits per heavy atom. The minimum absolute atomic E-state index is 0.129. The van der Waals surface area contributed by atoms with Crippen molar-refractivity contribution in [2.75, 3.05) is 24.8 Å². The molecule has 0 saturated heterocycles. The highest BCUT2D eigenvalue weighted by Crippen LogP contribution is 2.28. The number of aryl methyl sites for hydroxylation is 1. The molecule has 8 heteroatoms.